The number of imidazole rings is 1. The molecule has 4 aliphatic rings. The average Bonchev–Trinajstić information content (AvgIpc) is 2.93. The first-order chi connectivity index (χ1) is 11.5. The van der Waals surface area contributed by atoms with Gasteiger partial charge in [0, 0.05) is 16.7 Å². The van der Waals surface area contributed by atoms with Crippen molar-refractivity contribution in [1.29, 1.82) is 0 Å². The Morgan fingerprint density at radius 2 is 2.08 bits per heavy atom. The predicted molar refractivity (Wildman–Crippen MR) is 93.8 cm³/mol. The maximum Gasteiger partial charge on any atom is 0.312 e. The van der Waals surface area contributed by atoms with E-state index in [1.54, 1.807) is 0 Å². The first-order valence-electron chi connectivity index (χ1n) is 8.82. The van der Waals surface area contributed by atoms with Crippen molar-refractivity contribution in [2.75, 3.05) is 0 Å². The third-order valence-corrected chi connectivity index (χ3v) is 7.12. The van der Waals surface area contributed by atoms with Gasteiger partial charge in [0.1, 0.15) is 12.3 Å². The molecule has 0 saturated heterocycles. The molecule has 4 nitrogen and oxygen atoms in total. The molecule has 0 amide bonds. The standard InChI is InChI=1S/C19H21BrN2O2/c20-19-8-13-5-14(9-19)7-18(6-13,12-19)17(23)24-11-15-10-22-4-2-1-3-16(22)21-15/h1-4,10,13-14H,5-9,11-12H2/t13-,14+,18?,19?. The van der Waals surface area contributed by atoms with Crippen LogP contribution >= 0.6 is 15.9 Å². The van der Waals surface area contributed by atoms with E-state index in [9.17, 15) is 4.79 Å². The van der Waals surface area contributed by atoms with Gasteiger partial charge < -0.3 is 9.14 Å². The molecule has 4 saturated carbocycles. The highest BCUT2D eigenvalue weighted by molar-refractivity contribution is 9.10. The molecular weight excluding hydrogens is 368 g/mol. The van der Waals surface area contributed by atoms with Crippen molar-refractivity contribution in [2.24, 2.45) is 17.3 Å². The summed E-state index contributed by atoms with van der Waals surface area (Å²) < 4.78 is 7.89. The van der Waals surface area contributed by atoms with E-state index in [0.717, 1.165) is 30.6 Å². The Labute approximate surface area is 149 Å². The fourth-order valence-electron chi connectivity index (χ4n) is 5.74. The van der Waals surface area contributed by atoms with E-state index in [-0.39, 0.29) is 22.3 Å². The Bertz CT molecular complexity index is 768. The Hall–Kier alpha value is -1.36. The second-order valence-corrected chi connectivity index (χ2v) is 9.85. The normalized spacial score (nSPS) is 37.0. The lowest BCUT2D eigenvalue weighted by Gasteiger charge is -2.58. The number of ether oxygens (including phenoxy) is 1. The summed E-state index contributed by atoms with van der Waals surface area (Å²) in [7, 11) is 0. The maximum absolute atomic E-state index is 12.9. The van der Waals surface area contributed by atoms with Crippen molar-refractivity contribution in [1.82, 2.24) is 9.38 Å². The predicted octanol–water partition coefficient (Wildman–Crippen LogP) is 4.11. The molecule has 5 heteroatoms. The van der Waals surface area contributed by atoms with E-state index in [1.807, 2.05) is 35.0 Å². The molecule has 126 valence electrons. The van der Waals surface area contributed by atoms with E-state index >= 15 is 0 Å². The van der Waals surface area contributed by atoms with Crippen LogP contribution in [0.5, 0.6) is 0 Å². The summed E-state index contributed by atoms with van der Waals surface area (Å²) in [5.74, 6) is 1.37. The largest absolute Gasteiger partial charge is 0.459 e. The van der Waals surface area contributed by atoms with Crippen molar-refractivity contribution >= 4 is 27.5 Å². The van der Waals surface area contributed by atoms with Crippen LogP contribution in [0.15, 0.2) is 30.6 Å². The van der Waals surface area contributed by atoms with Crippen LogP contribution in [0.1, 0.15) is 44.2 Å². The van der Waals surface area contributed by atoms with E-state index in [4.69, 9.17) is 4.74 Å². The number of carbonyl (C=O) groups is 1. The lowest BCUT2D eigenvalue weighted by atomic mass is 9.49. The van der Waals surface area contributed by atoms with E-state index in [1.165, 1.54) is 19.3 Å². The highest BCUT2D eigenvalue weighted by atomic mass is 79.9. The number of alkyl halides is 1. The van der Waals surface area contributed by atoms with Crippen molar-refractivity contribution < 1.29 is 9.53 Å². The minimum atomic E-state index is -0.257. The lowest BCUT2D eigenvalue weighted by molar-refractivity contribution is -0.171. The summed E-state index contributed by atoms with van der Waals surface area (Å²) in [5.41, 5.74) is 1.44. The first-order valence-corrected chi connectivity index (χ1v) is 9.62. The Kier molecular flexibility index (Phi) is 3.16. The fourth-order valence-corrected chi connectivity index (χ4v) is 7.19. The zero-order valence-corrected chi connectivity index (χ0v) is 15.2. The molecule has 4 atom stereocenters. The summed E-state index contributed by atoms with van der Waals surface area (Å²) in [4.78, 5) is 17.5. The molecule has 6 rings (SSSR count). The van der Waals surface area contributed by atoms with Crippen LogP contribution in [-0.2, 0) is 16.1 Å². The van der Waals surface area contributed by atoms with Crippen LogP contribution in [0.4, 0.5) is 0 Å². The second-order valence-electron chi connectivity index (χ2n) is 8.17. The molecule has 2 aromatic heterocycles. The summed E-state index contributed by atoms with van der Waals surface area (Å²) in [6.45, 7) is 0.271. The third-order valence-electron chi connectivity index (χ3n) is 6.19. The molecule has 4 bridgehead atoms. The minimum Gasteiger partial charge on any atom is -0.459 e. The number of hydrogen-bond donors (Lipinski definition) is 0. The number of aromatic nitrogens is 2. The van der Waals surface area contributed by atoms with Gasteiger partial charge in [-0.15, -0.1) is 0 Å². The molecule has 0 aliphatic heterocycles. The van der Waals surface area contributed by atoms with Gasteiger partial charge in [-0.3, -0.25) is 4.79 Å². The van der Waals surface area contributed by atoms with Crippen LogP contribution in [0.2, 0.25) is 0 Å². The van der Waals surface area contributed by atoms with Crippen LogP contribution in [0.25, 0.3) is 5.65 Å². The van der Waals surface area contributed by atoms with Gasteiger partial charge in [-0.1, -0.05) is 22.0 Å². The number of pyridine rings is 1. The lowest BCUT2D eigenvalue weighted by Crippen LogP contribution is -2.56. The molecule has 0 spiro atoms. The zero-order valence-electron chi connectivity index (χ0n) is 13.6. The average molecular weight is 389 g/mol. The maximum atomic E-state index is 12.9. The smallest absolute Gasteiger partial charge is 0.312 e. The molecule has 2 unspecified atom stereocenters. The molecule has 0 radical (unpaired) electrons. The Morgan fingerprint density at radius 1 is 1.29 bits per heavy atom. The molecular formula is C19H21BrN2O2. The van der Waals surface area contributed by atoms with Crippen molar-refractivity contribution in [3.05, 3.63) is 36.3 Å². The number of rotatable bonds is 3. The van der Waals surface area contributed by atoms with Gasteiger partial charge in [0.15, 0.2) is 0 Å². The Balaban J connectivity index is 1.33. The highest BCUT2D eigenvalue weighted by Gasteiger charge is 2.60. The number of fused-ring (bicyclic) bond motifs is 1. The molecule has 4 fully saturated rings. The van der Waals surface area contributed by atoms with Gasteiger partial charge in [-0.2, -0.15) is 0 Å². The quantitative estimate of drug-likeness (QED) is 0.586. The summed E-state index contributed by atoms with van der Waals surface area (Å²) in [6.07, 6.45) is 10.6. The van der Waals surface area contributed by atoms with Crippen molar-refractivity contribution in [2.45, 2.75) is 49.5 Å². The molecule has 0 N–H and O–H groups in total. The SMILES string of the molecule is O=C(OCc1cn2ccccc2n1)C12C[C@@H]3C[C@@H](CC(Br)(C3)C1)C2. The summed E-state index contributed by atoms with van der Waals surface area (Å²) in [6, 6.07) is 5.89. The second kappa shape index (κ2) is 5.07. The number of nitrogens with zero attached hydrogens (tertiary/aromatic N) is 2. The topological polar surface area (TPSA) is 43.6 Å². The monoisotopic (exact) mass is 388 g/mol. The van der Waals surface area contributed by atoms with E-state index in [2.05, 4.69) is 20.9 Å². The van der Waals surface area contributed by atoms with Gasteiger partial charge in [-0.05, 0) is 62.5 Å². The summed E-state index contributed by atoms with van der Waals surface area (Å²) >= 11 is 3.96. The number of esters is 1. The van der Waals surface area contributed by atoms with Crippen LogP contribution in [-0.4, -0.2) is 19.7 Å². The fraction of sp³-hybridized carbons (Fsp3) is 0.579. The van der Waals surface area contributed by atoms with Gasteiger partial charge in [-0.25, -0.2) is 4.98 Å². The molecule has 2 heterocycles. The zero-order chi connectivity index (χ0) is 16.4. The molecule has 0 aromatic carbocycles. The third kappa shape index (κ3) is 2.32. The first kappa shape index (κ1) is 14.9. The number of carbonyl (C=O) groups excluding carboxylic acids is 1. The van der Waals surface area contributed by atoms with Gasteiger partial charge in [0.2, 0.25) is 0 Å². The molecule has 24 heavy (non-hydrogen) atoms. The Morgan fingerprint density at radius 3 is 2.79 bits per heavy atom. The van der Waals surface area contributed by atoms with E-state index < -0.39 is 0 Å². The van der Waals surface area contributed by atoms with Gasteiger partial charge in [0.05, 0.1) is 11.1 Å². The highest BCUT2D eigenvalue weighted by Crippen LogP contribution is 2.64. The van der Waals surface area contributed by atoms with Crippen LogP contribution < -0.4 is 0 Å². The summed E-state index contributed by atoms with van der Waals surface area (Å²) in [5, 5.41) is 0. The molecule has 2 aromatic rings. The number of halogens is 1. The van der Waals surface area contributed by atoms with Gasteiger partial charge >= 0.3 is 5.97 Å². The van der Waals surface area contributed by atoms with Crippen LogP contribution in [0.3, 0.4) is 0 Å². The number of hydrogen-bond acceptors (Lipinski definition) is 3. The minimum absolute atomic E-state index is 0.00233. The van der Waals surface area contributed by atoms with Gasteiger partial charge in [0.25, 0.3) is 0 Å². The van der Waals surface area contributed by atoms with E-state index in [0.29, 0.717) is 11.8 Å². The molecule has 4 aliphatic carbocycles. The van der Waals surface area contributed by atoms with Crippen molar-refractivity contribution in [3.8, 4) is 0 Å². The van der Waals surface area contributed by atoms with Crippen LogP contribution in [0, 0.1) is 17.3 Å². The van der Waals surface area contributed by atoms with Crippen molar-refractivity contribution in [3.63, 3.8) is 0 Å².